The Morgan fingerprint density at radius 3 is 2.46 bits per heavy atom. The molecule has 0 fully saturated rings. The van der Waals surface area contributed by atoms with Crippen molar-refractivity contribution in [3.05, 3.63) is 82.7 Å². The molecule has 9 nitrogen and oxygen atoms in total. The monoisotopic (exact) mass is 572 g/mol. The van der Waals surface area contributed by atoms with E-state index in [1.165, 1.54) is 11.2 Å². The largest absolute Gasteiger partial charge is 0.461 e. The van der Waals surface area contributed by atoms with Gasteiger partial charge in [0.25, 0.3) is 0 Å². The second-order valence-electron chi connectivity index (χ2n) is 10.6. The normalized spacial score (nSPS) is 13.5. The number of fused-ring (bicyclic) bond motifs is 3. The van der Waals surface area contributed by atoms with Gasteiger partial charge < -0.3 is 24.3 Å². The molecule has 218 valence electrons. The van der Waals surface area contributed by atoms with Crippen molar-refractivity contribution in [2.24, 2.45) is 0 Å². The minimum Gasteiger partial charge on any atom is -0.461 e. The van der Waals surface area contributed by atoms with Gasteiger partial charge in [0.15, 0.2) is 17.3 Å². The summed E-state index contributed by atoms with van der Waals surface area (Å²) >= 11 is 0. The van der Waals surface area contributed by atoms with E-state index in [4.69, 9.17) is 9.47 Å². The molecule has 2 amide bonds. The number of hydrogen-bond acceptors (Lipinski definition) is 6. The van der Waals surface area contributed by atoms with E-state index in [-0.39, 0.29) is 43.8 Å². The molecule has 2 heterocycles. The Balaban J connectivity index is 1.64. The highest BCUT2D eigenvalue weighted by atomic mass is 19.2. The van der Waals surface area contributed by atoms with Crippen molar-refractivity contribution in [2.45, 2.75) is 65.3 Å². The summed E-state index contributed by atoms with van der Waals surface area (Å²) in [4.78, 5) is 44.7. The summed E-state index contributed by atoms with van der Waals surface area (Å²) < 4.78 is 54.2. The Morgan fingerprint density at radius 2 is 1.76 bits per heavy atom. The number of aromatic nitrogens is 2. The van der Waals surface area contributed by atoms with Gasteiger partial charge in [-0.1, -0.05) is 18.2 Å². The maximum Gasteiger partial charge on any atom is 0.407 e. The number of carbonyl (C=O) groups excluding carboxylic acids is 3. The highest BCUT2D eigenvalue weighted by Gasteiger charge is 2.31. The van der Waals surface area contributed by atoms with Crippen LogP contribution in [0.4, 0.5) is 18.0 Å². The molecule has 4 rings (SSSR count). The van der Waals surface area contributed by atoms with Crippen LogP contribution in [0.5, 0.6) is 0 Å². The van der Waals surface area contributed by atoms with Crippen molar-refractivity contribution in [1.82, 2.24) is 19.8 Å². The van der Waals surface area contributed by atoms with Gasteiger partial charge in [0, 0.05) is 25.1 Å². The molecule has 1 atom stereocenters. The molecule has 1 aliphatic rings. The molecular formula is C29H31F3N4O5. The predicted molar refractivity (Wildman–Crippen MR) is 142 cm³/mol. The molecule has 0 saturated carbocycles. The van der Waals surface area contributed by atoms with Crippen molar-refractivity contribution in [2.75, 3.05) is 6.61 Å². The minimum atomic E-state index is -1.35. The number of benzene rings is 2. The summed E-state index contributed by atoms with van der Waals surface area (Å²) in [5.41, 5.74) is 0.923. The van der Waals surface area contributed by atoms with Crippen LogP contribution in [0.1, 0.15) is 61.4 Å². The van der Waals surface area contributed by atoms with Gasteiger partial charge in [-0.25, -0.2) is 27.7 Å². The van der Waals surface area contributed by atoms with Crippen LogP contribution in [0.15, 0.2) is 42.7 Å². The Hall–Kier alpha value is -4.35. The second kappa shape index (κ2) is 12.0. The van der Waals surface area contributed by atoms with Crippen molar-refractivity contribution >= 4 is 18.0 Å². The van der Waals surface area contributed by atoms with E-state index < -0.39 is 47.1 Å². The molecule has 1 aromatic heterocycles. The summed E-state index contributed by atoms with van der Waals surface area (Å²) in [7, 11) is 0. The third-order valence-electron chi connectivity index (χ3n) is 6.34. The molecular weight excluding hydrogens is 541 g/mol. The number of hydrogen-bond donors (Lipinski definition) is 1. The number of nitrogens with zero attached hydrogens (tertiary/aromatic N) is 3. The average Bonchev–Trinajstić information content (AvgIpc) is 3.22. The summed E-state index contributed by atoms with van der Waals surface area (Å²) in [6, 6.07) is 7.39. The molecule has 0 aliphatic carbocycles. The number of halogens is 3. The van der Waals surface area contributed by atoms with Gasteiger partial charge in [-0.15, -0.1) is 0 Å². The molecule has 0 saturated heterocycles. The topological polar surface area (TPSA) is 103 Å². The number of imidazole rings is 1. The van der Waals surface area contributed by atoms with Gasteiger partial charge in [0.05, 0.1) is 24.5 Å². The Kier molecular flexibility index (Phi) is 8.69. The van der Waals surface area contributed by atoms with E-state index in [0.717, 1.165) is 11.3 Å². The Labute approximate surface area is 235 Å². The lowest BCUT2D eigenvalue weighted by atomic mass is 10.0. The van der Waals surface area contributed by atoms with Crippen LogP contribution >= 0.6 is 0 Å². The molecule has 12 heteroatoms. The van der Waals surface area contributed by atoms with Gasteiger partial charge in [-0.3, -0.25) is 4.79 Å². The minimum absolute atomic E-state index is 0.0135. The zero-order valence-corrected chi connectivity index (χ0v) is 23.2. The molecule has 0 radical (unpaired) electrons. The quantitative estimate of drug-likeness (QED) is 0.321. The van der Waals surface area contributed by atoms with Crippen LogP contribution in [-0.2, 0) is 33.8 Å². The summed E-state index contributed by atoms with van der Waals surface area (Å²) in [5, 5.41) is 2.57. The van der Waals surface area contributed by atoms with Crippen LogP contribution < -0.4 is 5.32 Å². The number of esters is 1. The zero-order valence-electron chi connectivity index (χ0n) is 23.2. The van der Waals surface area contributed by atoms with E-state index >= 15 is 0 Å². The molecule has 1 unspecified atom stereocenters. The van der Waals surface area contributed by atoms with E-state index in [1.807, 2.05) is 24.3 Å². The fraction of sp³-hybridized carbons (Fsp3) is 0.379. The predicted octanol–water partition coefficient (Wildman–Crippen LogP) is 4.83. The first-order valence-corrected chi connectivity index (χ1v) is 13.1. The Morgan fingerprint density at radius 1 is 1.05 bits per heavy atom. The highest BCUT2D eigenvalue weighted by Crippen LogP contribution is 2.27. The van der Waals surface area contributed by atoms with E-state index in [1.54, 1.807) is 32.3 Å². The Bertz CT molecular complexity index is 1470. The standard InChI is InChI=1S/C29H31F3N4O5/c1-5-40-27(38)26-24-15-35(14-17-8-6-7-9-23(17)36(24)16-33-26)25(37)12-19(34-28(39)41-29(2,3)4)10-18-11-21(31)22(32)13-20(18)30/h6-9,11,13,16,19H,5,10,12,14-15H2,1-4H3,(H,34,39). The van der Waals surface area contributed by atoms with Crippen molar-refractivity contribution in [3.63, 3.8) is 0 Å². The van der Waals surface area contributed by atoms with Gasteiger partial charge in [-0.2, -0.15) is 0 Å². The van der Waals surface area contributed by atoms with Gasteiger partial charge in [0.2, 0.25) is 5.91 Å². The molecule has 0 bridgehead atoms. The fourth-order valence-corrected chi connectivity index (χ4v) is 4.57. The molecule has 41 heavy (non-hydrogen) atoms. The number of para-hydroxylation sites is 1. The van der Waals surface area contributed by atoms with E-state index in [9.17, 15) is 27.6 Å². The first-order valence-electron chi connectivity index (χ1n) is 13.1. The average molecular weight is 573 g/mol. The van der Waals surface area contributed by atoms with Gasteiger partial charge in [0.1, 0.15) is 17.7 Å². The first kappa shape index (κ1) is 29.6. The van der Waals surface area contributed by atoms with Crippen LogP contribution in [0.25, 0.3) is 5.69 Å². The third kappa shape index (κ3) is 7.05. The molecule has 1 aliphatic heterocycles. The summed E-state index contributed by atoms with van der Waals surface area (Å²) in [6.07, 6.45) is -0.0116. The highest BCUT2D eigenvalue weighted by molar-refractivity contribution is 5.89. The van der Waals surface area contributed by atoms with Crippen LogP contribution in [-0.4, -0.2) is 50.7 Å². The number of nitrogens with one attached hydrogen (secondary N) is 1. The second-order valence-corrected chi connectivity index (χ2v) is 10.6. The maximum absolute atomic E-state index is 14.5. The zero-order chi connectivity index (χ0) is 29.9. The van der Waals surface area contributed by atoms with Gasteiger partial charge >= 0.3 is 12.1 Å². The smallest absolute Gasteiger partial charge is 0.407 e. The molecule has 1 N–H and O–H groups in total. The van der Waals surface area contributed by atoms with E-state index in [2.05, 4.69) is 10.3 Å². The third-order valence-corrected chi connectivity index (χ3v) is 6.34. The lowest BCUT2D eigenvalue weighted by molar-refractivity contribution is -0.133. The van der Waals surface area contributed by atoms with Crippen molar-refractivity contribution < 1.29 is 37.0 Å². The summed E-state index contributed by atoms with van der Waals surface area (Å²) in [6.45, 7) is 6.93. The van der Waals surface area contributed by atoms with Crippen molar-refractivity contribution in [3.8, 4) is 5.69 Å². The molecule has 2 aromatic carbocycles. The van der Waals surface area contributed by atoms with Crippen LogP contribution in [0.3, 0.4) is 0 Å². The lowest BCUT2D eigenvalue weighted by Crippen LogP contribution is -2.43. The van der Waals surface area contributed by atoms with Crippen molar-refractivity contribution in [1.29, 1.82) is 0 Å². The molecule has 0 spiro atoms. The first-order chi connectivity index (χ1) is 19.4. The SMILES string of the molecule is CCOC(=O)c1ncn2c1CN(C(=O)CC(Cc1cc(F)c(F)cc1F)NC(=O)OC(C)(C)C)Cc1ccccc1-2. The number of alkyl carbamates (subject to hydrolysis) is 1. The van der Waals surface area contributed by atoms with Crippen LogP contribution in [0.2, 0.25) is 0 Å². The number of ether oxygens (including phenoxy) is 2. The number of rotatable bonds is 7. The summed E-state index contributed by atoms with van der Waals surface area (Å²) in [5.74, 6) is -4.71. The lowest BCUT2D eigenvalue weighted by Gasteiger charge is -2.26. The number of carbonyl (C=O) groups is 3. The van der Waals surface area contributed by atoms with Crippen LogP contribution in [0, 0.1) is 17.5 Å². The molecule has 3 aromatic rings. The number of amides is 2. The van der Waals surface area contributed by atoms with Gasteiger partial charge in [-0.05, 0) is 57.4 Å². The van der Waals surface area contributed by atoms with E-state index in [0.29, 0.717) is 17.8 Å². The fourth-order valence-electron chi connectivity index (χ4n) is 4.57. The maximum atomic E-state index is 14.5.